The maximum absolute atomic E-state index is 11.9. The van der Waals surface area contributed by atoms with Crippen LogP contribution in [-0.2, 0) is 16.0 Å². The van der Waals surface area contributed by atoms with Gasteiger partial charge in [-0.3, -0.25) is 4.79 Å². The number of hydrogen-bond acceptors (Lipinski definition) is 5. The van der Waals surface area contributed by atoms with Gasteiger partial charge in [-0.1, -0.05) is 12.1 Å². The molecule has 1 saturated heterocycles. The van der Waals surface area contributed by atoms with Crippen molar-refractivity contribution >= 4 is 29.4 Å². The number of carbonyl (C=O) groups excluding carboxylic acids is 1. The zero-order chi connectivity index (χ0) is 14.7. The van der Waals surface area contributed by atoms with Crippen LogP contribution in [0.3, 0.4) is 0 Å². The highest BCUT2D eigenvalue weighted by atomic mass is 35.5. The van der Waals surface area contributed by atoms with Crippen molar-refractivity contribution in [2.75, 3.05) is 26.2 Å². The van der Waals surface area contributed by atoms with Gasteiger partial charge in [-0.05, 0) is 18.6 Å². The van der Waals surface area contributed by atoms with Gasteiger partial charge in [0.2, 0.25) is 5.91 Å². The smallest absolute Gasteiger partial charge is 0.250 e. The molecule has 2 heterocycles. The number of fused-ring (bicyclic) bond motifs is 1. The lowest BCUT2D eigenvalue weighted by Gasteiger charge is -2.22. The van der Waals surface area contributed by atoms with Crippen molar-refractivity contribution < 1.29 is 13.9 Å². The standard InChI is InChI=1S/C15H19N3O3.ClH/c1-10-3-2-4-11-14(10)18-13(21-11)5-6-17-15(19)12-9-16-7-8-20-12;/h2-4,12,16H,5-9H2,1H3,(H,17,19);1H/t12-;/m1./s1. The number of benzene rings is 1. The van der Waals surface area contributed by atoms with Crippen molar-refractivity contribution in [3.63, 3.8) is 0 Å². The molecule has 0 unspecified atom stereocenters. The molecule has 120 valence electrons. The van der Waals surface area contributed by atoms with Gasteiger partial charge in [0, 0.05) is 26.1 Å². The molecule has 1 fully saturated rings. The van der Waals surface area contributed by atoms with Crippen molar-refractivity contribution in [1.82, 2.24) is 15.6 Å². The van der Waals surface area contributed by atoms with Crippen molar-refractivity contribution in [2.45, 2.75) is 19.4 Å². The maximum atomic E-state index is 11.9. The van der Waals surface area contributed by atoms with Crippen LogP contribution >= 0.6 is 12.4 Å². The molecule has 7 heteroatoms. The molecule has 1 amide bonds. The topological polar surface area (TPSA) is 76.4 Å². The Kier molecular flexibility index (Phi) is 5.76. The number of carbonyl (C=O) groups is 1. The number of halogens is 1. The third-order valence-corrected chi connectivity index (χ3v) is 3.52. The molecule has 6 nitrogen and oxygen atoms in total. The van der Waals surface area contributed by atoms with Gasteiger partial charge < -0.3 is 19.8 Å². The van der Waals surface area contributed by atoms with Gasteiger partial charge in [-0.15, -0.1) is 12.4 Å². The monoisotopic (exact) mass is 325 g/mol. The van der Waals surface area contributed by atoms with Crippen LogP contribution in [0.25, 0.3) is 11.1 Å². The molecule has 0 radical (unpaired) electrons. The van der Waals surface area contributed by atoms with Gasteiger partial charge in [0.05, 0.1) is 6.61 Å². The quantitative estimate of drug-likeness (QED) is 0.883. The molecule has 0 aliphatic carbocycles. The number of aromatic nitrogens is 1. The first-order valence-electron chi connectivity index (χ1n) is 7.19. The molecule has 1 aliphatic heterocycles. The number of hydrogen-bond donors (Lipinski definition) is 2. The van der Waals surface area contributed by atoms with E-state index in [1.54, 1.807) is 0 Å². The lowest BCUT2D eigenvalue weighted by Crippen LogP contribution is -2.48. The van der Waals surface area contributed by atoms with E-state index < -0.39 is 6.10 Å². The fraction of sp³-hybridized carbons (Fsp3) is 0.467. The molecule has 1 aliphatic rings. The minimum Gasteiger partial charge on any atom is -0.441 e. The highest BCUT2D eigenvalue weighted by molar-refractivity contribution is 5.85. The second kappa shape index (κ2) is 7.58. The largest absolute Gasteiger partial charge is 0.441 e. The van der Waals surface area contributed by atoms with Crippen LogP contribution in [0.1, 0.15) is 11.5 Å². The molecule has 22 heavy (non-hydrogen) atoms. The number of oxazole rings is 1. The van der Waals surface area contributed by atoms with Crippen molar-refractivity contribution in [3.05, 3.63) is 29.7 Å². The van der Waals surface area contributed by atoms with E-state index in [4.69, 9.17) is 9.15 Å². The minimum absolute atomic E-state index is 0. The summed E-state index contributed by atoms with van der Waals surface area (Å²) >= 11 is 0. The number of ether oxygens (including phenoxy) is 1. The molecule has 0 spiro atoms. The Morgan fingerprint density at radius 3 is 3.09 bits per heavy atom. The lowest BCUT2D eigenvalue weighted by atomic mass is 10.2. The van der Waals surface area contributed by atoms with Gasteiger partial charge in [0.25, 0.3) is 0 Å². The molecule has 1 aromatic carbocycles. The fourth-order valence-electron chi connectivity index (χ4n) is 2.38. The summed E-state index contributed by atoms with van der Waals surface area (Å²) in [6, 6.07) is 5.85. The number of amides is 1. The molecule has 0 saturated carbocycles. The van der Waals surface area contributed by atoms with E-state index in [0.29, 0.717) is 32.0 Å². The molecule has 0 bridgehead atoms. The second-order valence-corrected chi connectivity index (χ2v) is 5.13. The van der Waals surface area contributed by atoms with Crippen LogP contribution < -0.4 is 10.6 Å². The number of para-hydroxylation sites is 1. The van der Waals surface area contributed by atoms with Crippen LogP contribution in [0.4, 0.5) is 0 Å². The Morgan fingerprint density at radius 1 is 1.50 bits per heavy atom. The van der Waals surface area contributed by atoms with E-state index >= 15 is 0 Å². The molecule has 3 rings (SSSR count). The third-order valence-electron chi connectivity index (χ3n) is 3.52. The number of rotatable bonds is 4. The Balaban J connectivity index is 0.00000176. The Labute approximate surface area is 135 Å². The molecule has 1 atom stereocenters. The van der Waals surface area contributed by atoms with E-state index in [9.17, 15) is 4.79 Å². The SMILES string of the molecule is Cc1cccc2oc(CCNC(=O)[C@H]3CNCCO3)nc12.Cl. The first-order chi connectivity index (χ1) is 10.2. The van der Waals surface area contributed by atoms with Crippen LogP contribution in [0.5, 0.6) is 0 Å². The van der Waals surface area contributed by atoms with Crippen LogP contribution in [0.2, 0.25) is 0 Å². The Bertz CT molecular complexity index is 638. The summed E-state index contributed by atoms with van der Waals surface area (Å²) in [5, 5.41) is 5.99. The van der Waals surface area contributed by atoms with E-state index in [2.05, 4.69) is 15.6 Å². The summed E-state index contributed by atoms with van der Waals surface area (Å²) in [6.45, 7) is 4.43. The van der Waals surface area contributed by atoms with E-state index in [-0.39, 0.29) is 18.3 Å². The predicted octanol–water partition coefficient (Wildman–Crippen LogP) is 1.21. The normalized spacial score (nSPS) is 18.0. The average molecular weight is 326 g/mol. The molecule has 1 aromatic heterocycles. The summed E-state index contributed by atoms with van der Waals surface area (Å²) in [5.74, 6) is 0.553. The summed E-state index contributed by atoms with van der Waals surface area (Å²) in [6.07, 6.45) is 0.171. The van der Waals surface area contributed by atoms with E-state index in [0.717, 1.165) is 23.2 Å². The van der Waals surface area contributed by atoms with Gasteiger partial charge >= 0.3 is 0 Å². The van der Waals surface area contributed by atoms with E-state index in [1.165, 1.54) is 0 Å². The Hall–Kier alpha value is -1.63. The lowest BCUT2D eigenvalue weighted by molar-refractivity contribution is -0.134. The predicted molar refractivity (Wildman–Crippen MR) is 85.3 cm³/mol. The molecule has 2 N–H and O–H groups in total. The Morgan fingerprint density at radius 2 is 2.36 bits per heavy atom. The first kappa shape index (κ1) is 16.7. The van der Waals surface area contributed by atoms with E-state index in [1.807, 2.05) is 25.1 Å². The highest BCUT2D eigenvalue weighted by Gasteiger charge is 2.21. The summed E-state index contributed by atoms with van der Waals surface area (Å²) in [5.41, 5.74) is 2.77. The highest BCUT2D eigenvalue weighted by Crippen LogP contribution is 2.18. The zero-order valence-electron chi connectivity index (χ0n) is 12.4. The second-order valence-electron chi connectivity index (χ2n) is 5.13. The van der Waals surface area contributed by atoms with Gasteiger partial charge in [0.1, 0.15) is 11.6 Å². The van der Waals surface area contributed by atoms with Crippen molar-refractivity contribution in [3.8, 4) is 0 Å². The van der Waals surface area contributed by atoms with Crippen molar-refractivity contribution in [2.24, 2.45) is 0 Å². The number of morpholine rings is 1. The third kappa shape index (κ3) is 3.76. The zero-order valence-corrected chi connectivity index (χ0v) is 13.2. The van der Waals surface area contributed by atoms with Crippen LogP contribution in [0, 0.1) is 6.92 Å². The van der Waals surface area contributed by atoms with Gasteiger partial charge in [-0.2, -0.15) is 0 Å². The molecule has 2 aromatic rings. The van der Waals surface area contributed by atoms with Crippen molar-refractivity contribution in [1.29, 1.82) is 0 Å². The van der Waals surface area contributed by atoms with Gasteiger partial charge in [-0.25, -0.2) is 4.98 Å². The van der Waals surface area contributed by atoms with Gasteiger partial charge in [0.15, 0.2) is 11.5 Å². The molecular weight excluding hydrogens is 306 g/mol. The number of aryl methyl sites for hydroxylation is 1. The maximum Gasteiger partial charge on any atom is 0.250 e. The summed E-state index contributed by atoms with van der Waals surface area (Å²) in [7, 11) is 0. The summed E-state index contributed by atoms with van der Waals surface area (Å²) < 4.78 is 11.1. The number of nitrogens with zero attached hydrogens (tertiary/aromatic N) is 1. The molecular formula is C15H20ClN3O3. The van der Waals surface area contributed by atoms with Crippen LogP contribution in [0.15, 0.2) is 22.6 Å². The number of nitrogens with one attached hydrogen (secondary N) is 2. The average Bonchev–Trinajstić information content (AvgIpc) is 2.92. The summed E-state index contributed by atoms with van der Waals surface area (Å²) in [4.78, 5) is 16.3. The first-order valence-corrected chi connectivity index (χ1v) is 7.19. The van der Waals surface area contributed by atoms with Crippen LogP contribution in [-0.4, -0.2) is 43.2 Å². The fourth-order valence-corrected chi connectivity index (χ4v) is 2.38. The minimum atomic E-state index is -0.398.